The molecule has 0 aliphatic rings. The third-order valence-electron chi connectivity index (χ3n) is 2.99. The van der Waals surface area contributed by atoms with E-state index in [2.05, 4.69) is 18.8 Å². The molecule has 1 rings (SSSR count). The summed E-state index contributed by atoms with van der Waals surface area (Å²) in [7, 11) is 1.99. The highest BCUT2D eigenvalue weighted by Gasteiger charge is 2.10. The van der Waals surface area contributed by atoms with Crippen molar-refractivity contribution in [2.45, 2.75) is 45.6 Å². The fourth-order valence-corrected chi connectivity index (χ4v) is 1.68. The lowest BCUT2D eigenvalue weighted by Crippen LogP contribution is -2.13. The number of hydrogen-bond acceptors (Lipinski definition) is 2. The molecule has 1 N–H and O–H groups in total. The van der Waals surface area contributed by atoms with Gasteiger partial charge in [0.05, 0.1) is 6.10 Å². The highest BCUT2D eigenvalue weighted by molar-refractivity contribution is 4.91. The third kappa shape index (κ3) is 4.04. The molecule has 86 valence electrons. The van der Waals surface area contributed by atoms with Gasteiger partial charge < -0.3 is 9.67 Å². The van der Waals surface area contributed by atoms with Gasteiger partial charge in [-0.2, -0.15) is 0 Å². The Hall–Kier alpha value is -0.830. The summed E-state index contributed by atoms with van der Waals surface area (Å²) in [5, 5.41) is 9.80. The molecule has 0 aliphatic heterocycles. The first-order valence-electron chi connectivity index (χ1n) is 5.77. The van der Waals surface area contributed by atoms with Crippen LogP contribution in [0.2, 0.25) is 0 Å². The quantitative estimate of drug-likeness (QED) is 0.781. The van der Waals surface area contributed by atoms with Gasteiger partial charge in [-0.15, -0.1) is 0 Å². The van der Waals surface area contributed by atoms with Gasteiger partial charge in [-0.1, -0.05) is 20.3 Å². The zero-order valence-electron chi connectivity index (χ0n) is 9.98. The van der Waals surface area contributed by atoms with Crippen LogP contribution in [0.25, 0.3) is 0 Å². The summed E-state index contributed by atoms with van der Waals surface area (Å²) in [5.41, 5.74) is 0. The van der Waals surface area contributed by atoms with E-state index in [1.54, 1.807) is 6.20 Å². The molecule has 0 saturated heterocycles. The van der Waals surface area contributed by atoms with Gasteiger partial charge in [0.1, 0.15) is 5.82 Å². The van der Waals surface area contributed by atoms with Crippen molar-refractivity contribution in [3.05, 3.63) is 18.2 Å². The monoisotopic (exact) mass is 210 g/mol. The number of aliphatic hydroxyl groups is 1. The maximum atomic E-state index is 9.80. The van der Waals surface area contributed by atoms with Crippen molar-refractivity contribution in [1.82, 2.24) is 9.55 Å². The first kappa shape index (κ1) is 12.2. The third-order valence-corrected chi connectivity index (χ3v) is 2.99. The van der Waals surface area contributed by atoms with E-state index < -0.39 is 0 Å². The zero-order chi connectivity index (χ0) is 11.3. The lowest BCUT2D eigenvalue weighted by Gasteiger charge is -2.14. The Morgan fingerprint density at radius 1 is 1.53 bits per heavy atom. The molecule has 1 aromatic heterocycles. The molecule has 15 heavy (non-hydrogen) atoms. The zero-order valence-corrected chi connectivity index (χ0v) is 9.98. The summed E-state index contributed by atoms with van der Waals surface area (Å²) in [6.45, 7) is 4.35. The van der Waals surface area contributed by atoms with Crippen LogP contribution in [-0.4, -0.2) is 20.8 Å². The van der Waals surface area contributed by atoms with Gasteiger partial charge >= 0.3 is 0 Å². The van der Waals surface area contributed by atoms with Crippen molar-refractivity contribution >= 4 is 0 Å². The second-order valence-electron chi connectivity index (χ2n) is 4.40. The second-order valence-corrected chi connectivity index (χ2v) is 4.40. The second kappa shape index (κ2) is 5.91. The normalized spacial score (nSPS) is 15.2. The molecule has 0 aromatic carbocycles. The lowest BCUT2D eigenvalue weighted by atomic mass is 9.98. The molecular weight excluding hydrogens is 188 g/mol. The highest BCUT2D eigenvalue weighted by atomic mass is 16.3. The maximum Gasteiger partial charge on any atom is 0.108 e. The van der Waals surface area contributed by atoms with Crippen molar-refractivity contribution in [3.63, 3.8) is 0 Å². The van der Waals surface area contributed by atoms with Crippen LogP contribution in [-0.2, 0) is 13.5 Å². The maximum absolute atomic E-state index is 9.80. The number of aromatic nitrogens is 2. The average Bonchev–Trinajstić information content (AvgIpc) is 2.61. The summed E-state index contributed by atoms with van der Waals surface area (Å²) < 4.78 is 2.01. The number of hydrogen-bond donors (Lipinski definition) is 1. The molecule has 2 atom stereocenters. The first-order valence-corrected chi connectivity index (χ1v) is 5.77. The summed E-state index contributed by atoms with van der Waals surface area (Å²) in [6, 6.07) is 0. The molecule has 3 nitrogen and oxygen atoms in total. The van der Waals surface area contributed by atoms with Crippen molar-refractivity contribution < 1.29 is 5.11 Å². The number of aliphatic hydroxyl groups excluding tert-OH is 1. The van der Waals surface area contributed by atoms with Crippen molar-refractivity contribution in [2.24, 2.45) is 13.0 Å². The average molecular weight is 210 g/mol. The predicted octanol–water partition coefficient (Wildman–Crippen LogP) is 2.15. The minimum absolute atomic E-state index is 0.184. The van der Waals surface area contributed by atoms with Crippen LogP contribution in [0.1, 0.15) is 38.9 Å². The Morgan fingerprint density at radius 2 is 2.27 bits per heavy atom. The first-order chi connectivity index (χ1) is 7.13. The molecule has 0 spiro atoms. The summed E-state index contributed by atoms with van der Waals surface area (Å²) >= 11 is 0. The number of imidazole rings is 1. The molecule has 0 aliphatic carbocycles. The SMILES string of the molecule is CCC(C)CC(O)CCc1nccn1C. The van der Waals surface area contributed by atoms with Crippen LogP contribution in [0, 0.1) is 5.92 Å². The van der Waals surface area contributed by atoms with Crippen LogP contribution in [0.15, 0.2) is 12.4 Å². The number of nitrogens with zero attached hydrogens (tertiary/aromatic N) is 2. The van der Waals surface area contributed by atoms with Crippen molar-refractivity contribution in [2.75, 3.05) is 0 Å². The fraction of sp³-hybridized carbons (Fsp3) is 0.750. The predicted molar refractivity (Wildman–Crippen MR) is 61.6 cm³/mol. The smallest absolute Gasteiger partial charge is 0.108 e. The summed E-state index contributed by atoms with van der Waals surface area (Å²) in [5.74, 6) is 1.67. The van der Waals surface area contributed by atoms with Crippen LogP contribution in [0.5, 0.6) is 0 Å². The Kier molecular flexibility index (Phi) is 4.82. The van der Waals surface area contributed by atoms with E-state index in [1.807, 2.05) is 17.8 Å². The Morgan fingerprint density at radius 3 is 2.80 bits per heavy atom. The van der Waals surface area contributed by atoms with Crippen molar-refractivity contribution in [1.29, 1.82) is 0 Å². The minimum Gasteiger partial charge on any atom is -0.393 e. The van der Waals surface area contributed by atoms with E-state index in [4.69, 9.17) is 0 Å². The van der Waals surface area contributed by atoms with Crippen LogP contribution >= 0.6 is 0 Å². The molecule has 2 unspecified atom stereocenters. The van der Waals surface area contributed by atoms with Gasteiger partial charge in [0.25, 0.3) is 0 Å². The standard InChI is InChI=1S/C12H22N2O/c1-4-10(2)9-11(15)5-6-12-13-7-8-14(12)3/h7-8,10-11,15H,4-6,9H2,1-3H3. The molecule has 3 heteroatoms. The molecule has 0 saturated carbocycles. The van der Waals surface area contributed by atoms with E-state index in [0.29, 0.717) is 5.92 Å². The van der Waals surface area contributed by atoms with Gasteiger partial charge in [-0.25, -0.2) is 4.98 Å². The van der Waals surface area contributed by atoms with E-state index in [-0.39, 0.29) is 6.10 Å². The number of aryl methyl sites for hydroxylation is 2. The molecule has 0 radical (unpaired) electrons. The van der Waals surface area contributed by atoms with E-state index in [0.717, 1.165) is 31.5 Å². The molecular formula is C12H22N2O. The minimum atomic E-state index is -0.184. The van der Waals surface area contributed by atoms with Crippen molar-refractivity contribution in [3.8, 4) is 0 Å². The van der Waals surface area contributed by atoms with E-state index in [9.17, 15) is 5.11 Å². The van der Waals surface area contributed by atoms with Gasteiger partial charge in [0.15, 0.2) is 0 Å². The molecule has 1 heterocycles. The molecule has 0 amide bonds. The van der Waals surface area contributed by atoms with Gasteiger partial charge in [0, 0.05) is 25.9 Å². The van der Waals surface area contributed by atoms with Crippen LogP contribution in [0.4, 0.5) is 0 Å². The van der Waals surface area contributed by atoms with Crippen LogP contribution in [0.3, 0.4) is 0 Å². The molecule has 0 bridgehead atoms. The largest absolute Gasteiger partial charge is 0.393 e. The Bertz CT molecular complexity index is 283. The lowest BCUT2D eigenvalue weighted by molar-refractivity contribution is 0.135. The Balaban J connectivity index is 2.28. The van der Waals surface area contributed by atoms with E-state index >= 15 is 0 Å². The summed E-state index contributed by atoms with van der Waals surface area (Å²) in [4.78, 5) is 4.24. The number of rotatable bonds is 6. The van der Waals surface area contributed by atoms with Gasteiger partial charge in [-0.05, 0) is 18.8 Å². The van der Waals surface area contributed by atoms with Gasteiger partial charge in [0.2, 0.25) is 0 Å². The molecule has 0 fully saturated rings. The highest BCUT2D eigenvalue weighted by Crippen LogP contribution is 2.13. The topological polar surface area (TPSA) is 38.1 Å². The molecule has 1 aromatic rings. The van der Waals surface area contributed by atoms with Gasteiger partial charge in [-0.3, -0.25) is 0 Å². The fourth-order valence-electron chi connectivity index (χ4n) is 1.68. The van der Waals surface area contributed by atoms with E-state index in [1.165, 1.54) is 0 Å². The Labute approximate surface area is 92.1 Å². The summed E-state index contributed by atoms with van der Waals surface area (Å²) in [6.07, 6.45) is 7.28. The van der Waals surface area contributed by atoms with Crippen LogP contribution < -0.4 is 0 Å².